The van der Waals surface area contributed by atoms with Gasteiger partial charge in [0.05, 0.1) is 0 Å². The molecule has 1 heterocycles. The minimum Gasteiger partial charge on any atom is -0.305 e. The van der Waals surface area contributed by atoms with Crippen molar-refractivity contribution in [2.24, 2.45) is 0 Å². The van der Waals surface area contributed by atoms with E-state index in [0.29, 0.717) is 12.1 Å². The lowest BCUT2D eigenvalue weighted by atomic mass is 10.1. The maximum atomic E-state index is 2.64. The van der Waals surface area contributed by atoms with Crippen molar-refractivity contribution in [1.82, 2.24) is 9.80 Å². The van der Waals surface area contributed by atoms with Crippen molar-refractivity contribution in [2.75, 3.05) is 20.1 Å². The molecular weight excluding hydrogens is 160 g/mol. The van der Waals surface area contributed by atoms with E-state index < -0.39 is 0 Å². The van der Waals surface area contributed by atoms with Crippen LogP contribution in [0.4, 0.5) is 0 Å². The van der Waals surface area contributed by atoms with Crippen LogP contribution in [0, 0.1) is 0 Å². The van der Waals surface area contributed by atoms with Gasteiger partial charge in [-0.05, 0) is 47.7 Å². The summed E-state index contributed by atoms with van der Waals surface area (Å²) in [5, 5.41) is 0. The minimum absolute atomic E-state index is 0.677. The van der Waals surface area contributed by atoms with Gasteiger partial charge in [0, 0.05) is 24.7 Å². The van der Waals surface area contributed by atoms with Gasteiger partial charge >= 0.3 is 0 Å². The molecule has 1 fully saturated rings. The molecular formula is C11H24N2. The second-order valence-corrected chi connectivity index (χ2v) is 4.84. The molecule has 1 saturated heterocycles. The molecule has 0 aromatic carbocycles. The van der Waals surface area contributed by atoms with E-state index >= 15 is 0 Å². The largest absolute Gasteiger partial charge is 0.305 e. The second kappa shape index (κ2) is 4.43. The minimum atomic E-state index is 0.677. The van der Waals surface area contributed by atoms with Crippen LogP contribution in [-0.4, -0.2) is 48.1 Å². The van der Waals surface area contributed by atoms with E-state index in [1.165, 1.54) is 19.5 Å². The first-order valence-corrected chi connectivity index (χ1v) is 5.48. The highest BCUT2D eigenvalue weighted by molar-refractivity contribution is 4.85. The highest BCUT2D eigenvalue weighted by Gasteiger charge is 2.28. The topological polar surface area (TPSA) is 6.48 Å². The highest BCUT2D eigenvalue weighted by atomic mass is 15.3. The summed E-state index contributed by atoms with van der Waals surface area (Å²) in [6.07, 6.45) is 1.34. The standard InChI is InChI=1S/C11H24N2/c1-9(2)13(10(3)4)11-6-7-12(5)8-11/h9-11H,6-8H2,1-5H3. The van der Waals surface area contributed by atoms with Crippen LogP contribution in [0.3, 0.4) is 0 Å². The highest BCUT2D eigenvalue weighted by Crippen LogP contribution is 2.19. The summed E-state index contributed by atoms with van der Waals surface area (Å²) < 4.78 is 0. The zero-order valence-electron chi connectivity index (χ0n) is 9.75. The monoisotopic (exact) mass is 184 g/mol. The third-order valence-electron chi connectivity index (χ3n) is 2.98. The molecule has 2 heteroatoms. The first-order chi connectivity index (χ1) is 6.02. The van der Waals surface area contributed by atoms with Crippen molar-refractivity contribution >= 4 is 0 Å². The number of likely N-dealkylation sites (tertiary alicyclic amines) is 1. The van der Waals surface area contributed by atoms with Gasteiger partial charge in [0.2, 0.25) is 0 Å². The molecule has 0 aromatic heterocycles. The molecule has 0 saturated carbocycles. The Balaban J connectivity index is 2.55. The van der Waals surface area contributed by atoms with Gasteiger partial charge in [0.1, 0.15) is 0 Å². The Hall–Kier alpha value is -0.0800. The lowest BCUT2D eigenvalue weighted by Gasteiger charge is -2.36. The number of likely N-dealkylation sites (N-methyl/N-ethyl adjacent to an activating group) is 1. The fourth-order valence-electron chi connectivity index (χ4n) is 2.59. The van der Waals surface area contributed by atoms with E-state index in [1.54, 1.807) is 0 Å². The van der Waals surface area contributed by atoms with Crippen LogP contribution in [-0.2, 0) is 0 Å². The predicted molar refractivity (Wildman–Crippen MR) is 58.0 cm³/mol. The van der Waals surface area contributed by atoms with Crippen molar-refractivity contribution in [1.29, 1.82) is 0 Å². The van der Waals surface area contributed by atoms with Crippen LogP contribution in [0.25, 0.3) is 0 Å². The Morgan fingerprint density at radius 2 is 1.69 bits per heavy atom. The molecule has 0 radical (unpaired) electrons. The van der Waals surface area contributed by atoms with Gasteiger partial charge in [-0.15, -0.1) is 0 Å². The van der Waals surface area contributed by atoms with Gasteiger partial charge < -0.3 is 4.90 Å². The third kappa shape index (κ3) is 2.68. The lowest BCUT2D eigenvalue weighted by molar-refractivity contribution is 0.116. The van der Waals surface area contributed by atoms with Gasteiger partial charge in [0.15, 0.2) is 0 Å². The fourth-order valence-corrected chi connectivity index (χ4v) is 2.59. The smallest absolute Gasteiger partial charge is 0.0240 e. The fraction of sp³-hybridized carbons (Fsp3) is 1.00. The molecule has 2 nitrogen and oxygen atoms in total. The SMILES string of the molecule is CC(C)N(C(C)C)C1CCN(C)C1. The molecule has 13 heavy (non-hydrogen) atoms. The van der Waals surface area contributed by atoms with Gasteiger partial charge in [-0.1, -0.05) is 0 Å². The predicted octanol–water partition coefficient (Wildman–Crippen LogP) is 1.81. The zero-order valence-corrected chi connectivity index (χ0v) is 9.75. The van der Waals surface area contributed by atoms with E-state index in [4.69, 9.17) is 0 Å². The molecule has 1 rings (SSSR count). The maximum Gasteiger partial charge on any atom is 0.0240 e. The summed E-state index contributed by atoms with van der Waals surface area (Å²) in [5.41, 5.74) is 0. The van der Waals surface area contributed by atoms with Crippen molar-refractivity contribution in [3.8, 4) is 0 Å². The van der Waals surface area contributed by atoms with E-state index in [2.05, 4.69) is 44.5 Å². The summed E-state index contributed by atoms with van der Waals surface area (Å²) in [5.74, 6) is 0. The van der Waals surface area contributed by atoms with Gasteiger partial charge in [-0.2, -0.15) is 0 Å². The first kappa shape index (κ1) is 11.0. The van der Waals surface area contributed by atoms with Crippen LogP contribution in [0.5, 0.6) is 0 Å². The van der Waals surface area contributed by atoms with E-state index in [1.807, 2.05) is 0 Å². The molecule has 0 aliphatic carbocycles. The van der Waals surface area contributed by atoms with Crippen molar-refractivity contribution in [2.45, 2.75) is 52.2 Å². The van der Waals surface area contributed by atoms with Crippen LogP contribution in [0.1, 0.15) is 34.1 Å². The average Bonchev–Trinajstić information content (AvgIpc) is 2.34. The van der Waals surface area contributed by atoms with Gasteiger partial charge in [-0.25, -0.2) is 0 Å². The van der Waals surface area contributed by atoms with E-state index in [0.717, 1.165) is 6.04 Å². The molecule has 0 amide bonds. The number of nitrogens with zero attached hydrogens (tertiary/aromatic N) is 2. The third-order valence-corrected chi connectivity index (χ3v) is 2.98. The van der Waals surface area contributed by atoms with Crippen molar-refractivity contribution in [3.63, 3.8) is 0 Å². The Labute approximate surface area is 82.9 Å². The van der Waals surface area contributed by atoms with E-state index in [-0.39, 0.29) is 0 Å². The molecule has 0 N–H and O–H groups in total. The molecule has 0 spiro atoms. The van der Waals surface area contributed by atoms with Gasteiger partial charge in [0.25, 0.3) is 0 Å². The van der Waals surface area contributed by atoms with E-state index in [9.17, 15) is 0 Å². The van der Waals surface area contributed by atoms with Crippen molar-refractivity contribution in [3.05, 3.63) is 0 Å². The summed E-state index contributed by atoms with van der Waals surface area (Å²) in [6, 6.07) is 2.14. The van der Waals surface area contributed by atoms with Crippen LogP contribution < -0.4 is 0 Å². The Bertz CT molecular complexity index is 146. The quantitative estimate of drug-likeness (QED) is 0.660. The summed E-state index contributed by atoms with van der Waals surface area (Å²) in [6.45, 7) is 11.7. The van der Waals surface area contributed by atoms with Crippen LogP contribution in [0.2, 0.25) is 0 Å². The first-order valence-electron chi connectivity index (χ1n) is 5.48. The molecule has 1 aliphatic heterocycles. The Kier molecular flexibility index (Phi) is 3.74. The summed E-state index contributed by atoms with van der Waals surface area (Å²) in [7, 11) is 2.22. The number of hydrogen-bond donors (Lipinski definition) is 0. The molecule has 0 aromatic rings. The zero-order chi connectivity index (χ0) is 10.0. The molecule has 78 valence electrons. The molecule has 1 aliphatic rings. The number of rotatable bonds is 3. The second-order valence-electron chi connectivity index (χ2n) is 4.84. The van der Waals surface area contributed by atoms with Gasteiger partial charge in [-0.3, -0.25) is 4.90 Å². The summed E-state index contributed by atoms with van der Waals surface area (Å²) in [4.78, 5) is 5.08. The van der Waals surface area contributed by atoms with Crippen LogP contribution >= 0.6 is 0 Å². The number of hydrogen-bond acceptors (Lipinski definition) is 2. The Morgan fingerprint density at radius 1 is 1.15 bits per heavy atom. The van der Waals surface area contributed by atoms with Crippen LogP contribution in [0.15, 0.2) is 0 Å². The normalized spacial score (nSPS) is 25.4. The average molecular weight is 184 g/mol. The molecule has 1 unspecified atom stereocenters. The maximum absolute atomic E-state index is 2.64. The molecule has 0 bridgehead atoms. The van der Waals surface area contributed by atoms with Crippen molar-refractivity contribution < 1.29 is 0 Å². The lowest BCUT2D eigenvalue weighted by Crippen LogP contribution is -2.46. The summed E-state index contributed by atoms with van der Waals surface area (Å²) >= 11 is 0. The Morgan fingerprint density at radius 3 is 2.00 bits per heavy atom. The molecule has 1 atom stereocenters.